The van der Waals surface area contributed by atoms with Gasteiger partial charge in [0.25, 0.3) is 0 Å². The van der Waals surface area contributed by atoms with Crippen molar-refractivity contribution in [3.8, 4) is 0 Å². The van der Waals surface area contributed by atoms with Crippen LogP contribution in [0.2, 0.25) is 0 Å². The summed E-state index contributed by atoms with van der Waals surface area (Å²) in [5.74, 6) is 0.318. The van der Waals surface area contributed by atoms with Gasteiger partial charge in [0.05, 0.1) is 11.7 Å². The molecule has 1 aliphatic rings. The van der Waals surface area contributed by atoms with Gasteiger partial charge in [0.1, 0.15) is 17.9 Å². The number of imidazole rings is 1. The highest BCUT2D eigenvalue weighted by Gasteiger charge is 2.51. The average Bonchev–Trinajstić information content (AvgIpc) is 3.30. The van der Waals surface area contributed by atoms with Crippen LogP contribution in [-0.2, 0) is 19.0 Å². The van der Waals surface area contributed by atoms with Gasteiger partial charge in [-0.05, 0) is 41.1 Å². The van der Waals surface area contributed by atoms with E-state index in [9.17, 15) is 9.59 Å². The second kappa shape index (κ2) is 10.7. The zero-order chi connectivity index (χ0) is 25.0. The van der Waals surface area contributed by atoms with Gasteiger partial charge in [-0.3, -0.25) is 9.36 Å². The molecule has 2 aromatic heterocycles. The molecule has 4 atom stereocenters. The van der Waals surface area contributed by atoms with Crippen LogP contribution >= 0.6 is 11.8 Å². The van der Waals surface area contributed by atoms with Gasteiger partial charge in [0.2, 0.25) is 0 Å². The minimum Gasteiger partial charge on any atom is -0.455 e. The van der Waals surface area contributed by atoms with Crippen LogP contribution in [0.15, 0.2) is 12.7 Å². The van der Waals surface area contributed by atoms with Crippen LogP contribution in [0.25, 0.3) is 11.2 Å². The van der Waals surface area contributed by atoms with E-state index in [1.54, 1.807) is 25.3 Å². The van der Waals surface area contributed by atoms with Crippen molar-refractivity contribution in [1.82, 2.24) is 29.7 Å². The lowest BCUT2D eigenvalue weighted by atomic mass is 9.97. The number of rotatable bonds is 8. The number of thioether (sulfide) groups is 1. The molecule has 0 saturated carbocycles. The van der Waals surface area contributed by atoms with Crippen molar-refractivity contribution in [2.24, 2.45) is 5.41 Å². The van der Waals surface area contributed by atoms with E-state index in [1.807, 2.05) is 25.3 Å². The van der Waals surface area contributed by atoms with Crippen molar-refractivity contribution in [3.63, 3.8) is 0 Å². The number of alkyl carbamates (subject to hydrolysis) is 1. The fourth-order valence-electron chi connectivity index (χ4n) is 3.40. The van der Waals surface area contributed by atoms with E-state index >= 15 is 0 Å². The van der Waals surface area contributed by atoms with Gasteiger partial charge in [-0.2, -0.15) is 11.8 Å². The van der Waals surface area contributed by atoms with Gasteiger partial charge in [0.15, 0.2) is 29.9 Å². The molecule has 3 rings (SSSR count). The Morgan fingerprint density at radius 1 is 1.24 bits per heavy atom. The van der Waals surface area contributed by atoms with Gasteiger partial charge in [-0.25, -0.2) is 19.7 Å². The van der Waals surface area contributed by atoms with Gasteiger partial charge in [0, 0.05) is 18.8 Å². The fourth-order valence-corrected chi connectivity index (χ4v) is 4.00. The van der Waals surface area contributed by atoms with E-state index in [-0.39, 0.29) is 5.82 Å². The van der Waals surface area contributed by atoms with Crippen LogP contribution in [0, 0.1) is 5.41 Å². The summed E-state index contributed by atoms with van der Waals surface area (Å²) in [6.45, 7) is 6.32. The third-order valence-corrected chi connectivity index (χ3v) is 5.87. The topological polar surface area (TPSA) is 147 Å². The number of hydrogen-bond acceptors (Lipinski definition) is 11. The number of fused-ring (bicyclic) bond motifs is 1. The van der Waals surface area contributed by atoms with E-state index < -0.39 is 42.0 Å². The average molecular weight is 496 g/mol. The number of amides is 1. The summed E-state index contributed by atoms with van der Waals surface area (Å²) in [6.07, 6.45) is 0.966. The zero-order valence-electron chi connectivity index (χ0n) is 20.3. The molecule has 1 saturated heterocycles. The van der Waals surface area contributed by atoms with Gasteiger partial charge < -0.3 is 30.2 Å². The molecular formula is C21H33N7O5S. The smallest absolute Gasteiger partial charge is 0.407 e. The largest absolute Gasteiger partial charge is 0.455 e. The number of esters is 1. The number of nitrogens with one attached hydrogen (secondary N) is 1. The number of nitrogens with two attached hydrogens (primary N) is 1. The summed E-state index contributed by atoms with van der Waals surface area (Å²) in [4.78, 5) is 40.0. The number of carbonyl (C=O) groups excluding carboxylic acids is 2. The molecule has 0 aliphatic carbocycles. The molecule has 2 aromatic rings. The highest BCUT2D eigenvalue weighted by atomic mass is 32.2. The van der Waals surface area contributed by atoms with E-state index in [0.717, 1.165) is 0 Å². The number of aromatic nitrogens is 4. The minimum atomic E-state index is -0.948. The summed E-state index contributed by atoms with van der Waals surface area (Å²) in [7, 11) is 3.81. The summed E-state index contributed by atoms with van der Waals surface area (Å²) in [6, 6.07) is 0. The molecule has 1 amide bonds. The Morgan fingerprint density at radius 3 is 2.62 bits per heavy atom. The van der Waals surface area contributed by atoms with Crippen LogP contribution in [0.3, 0.4) is 0 Å². The monoisotopic (exact) mass is 495 g/mol. The van der Waals surface area contributed by atoms with Gasteiger partial charge >= 0.3 is 12.1 Å². The Morgan fingerprint density at radius 2 is 1.97 bits per heavy atom. The lowest BCUT2D eigenvalue weighted by Crippen LogP contribution is -2.44. The number of anilines is 1. The quantitative estimate of drug-likeness (QED) is 0.510. The van der Waals surface area contributed by atoms with Crippen molar-refractivity contribution in [3.05, 3.63) is 12.7 Å². The lowest BCUT2D eigenvalue weighted by Gasteiger charge is -2.27. The molecule has 188 valence electrons. The minimum absolute atomic E-state index is 0.219. The third-order valence-electron chi connectivity index (χ3n) is 5.20. The van der Waals surface area contributed by atoms with Crippen molar-refractivity contribution < 1.29 is 23.8 Å². The van der Waals surface area contributed by atoms with Gasteiger partial charge in [-0.1, -0.05) is 0 Å². The normalized spacial score (nSPS) is 22.8. The van der Waals surface area contributed by atoms with E-state index in [2.05, 4.69) is 20.3 Å². The van der Waals surface area contributed by atoms with Crippen LogP contribution in [-0.4, -0.2) is 94.0 Å². The fraction of sp³-hybridized carbons (Fsp3) is 0.667. The first-order valence-corrected chi connectivity index (χ1v) is 12.3. The van der Waals surface area contributed by atoms with Crippen LogP contribution in [0.4, 0.5) is 10.6 Å². The van der Waals surface area contributed by atoms with Gasteiger partial charge in [-0.15, -0.1) is 0 Å². The van der Waals surface area contributed by atoms with E-state index in [4.69, 9.17) is 19.9 Å². The Balaban J connectivity index is 1.95. The number of ether oxygens (including phenoxy) is 3. The van der Waals surface area contributed by atoms with Crippen molar-refractivity contribution in [1.29, 1.82) is 0 Å². The molecule has 12 nitrogen and oxygen atoms in total. The Kier molecular flexibility index (Phi) is 8.21. The number of carbonyl (C=O) groups is 2. The number of nitrogens with zero attached hydrogens (tertiary/aromatic N) is 5. The lowest BCUT2D eigenvalue weighted by molar-refractivity contribution is -0.164. The summed E-state index contributed by atoms with van der Waals surface area (Å²) >= 11 is 1.53. The van der Waals surface area contributed by atoms with Crippen molar-refractivity contribution in [2.75, 3.05) is 44.9 Å². The molecular weight excluding hydrogens is 462 g/mol. The van der Waals surface area contributed by atoms with Crippen molar-refractivity contribution in [2.45, 2.75) is 45.3 Å². The maximum Gasteiger partial charge on any atom is 0.407 e. The molecule has 3 N–H and O–H groups in total. The van der Waals surface area contributed by atoms with Crippen molar-refractivity contribution >= 4 is 40.8 Å². The molecule has 0 unspecified atom stereocenters. The maximum atomic E-state index is 12.8. The molecule has 13 heteroatoms. The number of hydrogen-bond donors (Lipinski definition) is 2. The molecule has 0 bridgehead atoms. The second-order valence-electron chi connectivity index (χ2n) is 9.32. The predicted octanol–water partition coefficient (Wildman–Crippen LogP) is 1.28. The predicted molar refractivity (Wildman–Crippen MR) is 128 cm³/mol. The molecule has 3 heterocycles. The molecule has 0 aromatic carbocycles. The highest BCUT2D eigenvalue weighted by Crippen LogP contribution is 2.37. The Hall–Kier alpha value is -2.64. The first-order valence-electron chi connectivity index (χ1n) is 10.9. The summed E-state index contributed by atoms with van der Waals surface area (Å²) < 4.78 is 19.6. The molecule has 0 radical (unpaired) electrons. The summed E-state index contributed by atoms with van der Waals surface area (Å²) in [5, 5.41) is 2.73. The van der Waals surface area contributed by atoms with Crippen LogP contribution in [0.1, 0.15) is 27.0 Å². The Labute approximate surface area is 202 Å². The second-order valence-corrected chi connectivity index (χ2v) is 10.2. The van der Waals surface area contributed by atoms with E-state index in [0.29, 0.717) is 30.0 Å². The standard InChI is InChI=1S/C21H33N7O5S/c1-21(2,3)19(29)32-14-12(9-34-6)31-18(15(14)33-20(30)23-7-8-27(4)5)28-11-26-13-16(22)24-10-25-17(13)28/h10-12,14-15,18H,7-9H2,1-6H3,(H,23,30)(H2,22,24,25)/t12-,14-,15-,18-/m1/s1. The first-order chi connectivity index (χ1) is 16.0. The molecule has 1 aliphatic heterocycles. The summed E-state index contributed by atoms with van der Waals surface area (Å²) in [5.41, 5.74) is 6.01. The SMILES string of the molecule is CSC[C@H]1O[C@@H](n2cnc3c(N)ncnc32)[C@H](OC(=O)NCCN(C)C)[C@@H]1OC(=O)C(C)(C)C. The maximum absolute atomic E-state index is 12.8. The number of nitrogen functional groups attached to an aromatic ring is 1. The zero-order valence-corrected chi connectivity index (χ0v) is 21.2. The van der Waals surface area contributed by atoms with Crippen LogP contribution < -0.4 is 11.1 Å². The first kappa shape index (κ1) is 26.0. The van der Waals surface area contributed by atoms with Crippen LogP contribution in [0.5, 0.6) is 0 Å². The molecule has 34 heavy (non-hydrogen) atoms. The van der Waals surface area contributed by atoms with E-state index in [1.165, 1.54) is 24.4 Å². The third kappa shape index (κ3) is 5.88. The molecule has 1 fully saturated rings. The number of likely N-dealkylation sites (N-methyl/N-ethyl adjacent to an activating group) is 1. The molecule has 0 spiro atoms. The Bertz CT molecular complexity index is 1010. The highest BCUT2D eigenvalue weighted by molar-refractivity contribution is 7.98.